The fraction of sp³-hybridized carbons (Fsp3) is 0.818. The molecule has 2 bridgehead atoms. The van der Waals surface area contributed by atoms with E-state index >= 15 is 0 Å². The first kappa shape index (κ1) is 18.2. The van der Waals surface area contributed by atoms with Crippen molar-refractivity contribution in [3.63, 3.8) is 0 Å². The number of hydrogen-bond acceptors (Lipinski definition) is 7. The summed E-state index contributed by atoms with van der Waals surface area (Å²) in [6.45, 7) is 4.83. The van der Waals surface area contributed by atoms with Crippen molar-refractivity contribution in [2.75, 3.05) is 19.8 Å². The molecule has 0 aromatic rings. The van der Waals surface area contributed by atoms with E-state index in [-0.39, 0.29) is 24.0 Å². The van der Waals surface area contributed by atoms with Crippen LogP contribution in [-0.4, -0.2) is 54.7 Å². The lowest BCUT2D eigenvalue weighted by Crippen LogP contribution is -2.76. The highest BCUT2D eigenvalue weighted by atomic mass is 16.7. The molecule has 2 aliphatic carbocycles. The van der Waals surface area contributed by atoms with E-state index in [1.165, 1.54) is 6.92 Å². The van der Waals surface area contributed by atoms with Crippen molar-refractivity contribution >= 4 is 11.9 Å². The fourth-order valence-electron chi connectivity index (χ4n) is 7.74. The minimum atomic E-state index is -0.679. The van der Waals surface area contributed by atoms with Gasteiger partial charge in [0.05, 0.1) is 18.3 Å². The Labute approximate surface area is 170 Å². The number of ether oxygens (including phenoxy) is 5. The SMILES string of the molecule is CC(=O)OC1CC2(CO2)C2(CCC3(C=COC3)O2)C23CCCC(C)(C(=O)OC2)C13. The molecule has 6 aliphatic rings. The molecule has 29 heavy (non-hydrogen) atoms. The zero-order valence-corrected chi connectivity index (χ0v) is 17.0. The van der Waals surface area contributed by atoms with Crippen LogP contribution in [0.25, 0.3) is 0 Å². The molecule has 7 heteroatoms. The standard InChI is InChI=1S/C22H28O7/c1-14(23)28-15-10-21(13-27-21)22(7-6-19(29-22)8-9-25-11-19)20-5-3-4-18(2,16(15)20)17(24)26-12-20/h8-9,15-16H,3-7,10-13H2,1-2H3. The summed E-state index contributed by atoms with van der Waals surface area (Å²) in [7, 11) is 0. The average molecular weight is 404 g/mol. The largest absolute Gasteiger partial charge is 0.498 e. The minimum absolute atomic E-state index is 0.134. The molecule has 0 N–H and O–H groups in total. The Morgan fingerprint density at radius 3 is 2.69 bits per heavy atom. The van der Waals surface area contributed by atoms with Crippen LogP contribution < -0.4 is 0 Å². The molecular formula is C22H28O7. The molecule has 7 atom stereocenters. The summed E-state index contributed by atoms with van der Waals surface area (Å²) in [4.78, 5) is 25.0. The average Bonchev–Trinajstić information content (AvgIpc) is 3.13. The van der Waals surface area contributed by atoms with Gasteiger partial charge in [-0.15, -0.1) is 0 Å². The molecular weight excluding hydrogens is 376 g/mol. The smallest absolute Gasteiger partial charge is 0.312 e. The molecule has 3 spiro atoms. The van der Waals surface area contributed by atoms with Crippen LogP contribution in [0.15, 0.2) is 12.3 Å². The van der Waals surface area contributed by atoms with Crippen LogP contribution >= 0.6 is 0 Å². The second kappa shape index (κ2) is 5.35. The summed E-state index contributed by atoms with van der Waals surface area (Å²) >= 11 is 0. The van der Waals surface area contributed by atoms with Crippen LogP contribution in [0.1, 0.15) is 52.4 Å². The number of carbonyl (C=O) groups excluding carboxylic acids is 2. The van der Waals surface area contributed by atoms with Crippen molar-refractivity contribution in [3.05, 3.63) is 12.3 Å². The van der Waals surface area contributed by atoms with Crippen molar-refractivity contribution < 1.29 is 33.3 Å². The van der Waals surface area contributed by atoms with Gasteiger partial charge in [-0.3, -0.25) is 9.59 Å². The lowest BCUT2D eigenvalue weighted by atomic mass is 9.41. The van der Waals surface area contributed by atoms with Gasteiger partial charge in [-0.2, -0.15) is 0 Å². The molecule has 0 aromatic carbocycles. The molecule has 5 fully saturated rings. The molecule has 3 saturated heterocycles. The first-order chi connectivity index (χ1) is 13.8. The summed E-state index contributed by atoms with van der Waals surface area (Å²) in [6.07, 6.45) is 8.19. The predicted octanol–water partition coefficient (Wildman–Crippen LogP) is 2.27. The highest BCUT2D eigenvalue weighted by molar-refractivity contribution is 5.79. The highest BCUT2D eigenvalue weighted by Gasteiger charge is 2.84. The quantitative estimate of drug-likeness (QED) is 0.490. The second-order valence-electron chi connectivity index (χ2n) is 10.2. The summed E-state index contributed by atoms with van der Waals surface area (Å²) in [6, 6.07) is 0. The third-order valence-electron chi connectivity index (χ3n) is 8.85. The van der Waals surface area contributed by atoms with Gasteiger partial charge in [-0.25, -0.2) is 0 Å². The van der Waals surface area contributed by atoms with Crippen LogP contribution in [0.2, 0.25) is 0 Å². The summed E-state index contributed by atoms with van der Waals surface area (Å²) < 4.78 is 30.5. The normalized spacial score (nSPS) is 54.3. The van der Waals surface area contributed by atoms with Crippen LogP contribution in [0.4, 0.5) is 0 Å². The molecule has 0 amide bonds. The van der Waals surface area contributed by atoms with Crippen molar-refractivity contribution in [2.45, 2.75) is 75.3 Å². The lowest BCUT2D eigenvalue weighted by Gasteiger charge is -2.67. The number of epoxide rings is 1. The van der Waals surface area contributed by atoms with Gasteiger partial charge in [0.2, 0.25) is 0 Å². The van der Waals surface area contributed by atoms with Gasteiger partial charge in [-0.1, -0.05) is 6.42 Å². The van der Waals surface area contributed by atoms with E-state index in [1.807, 2.05) is 13.0 Å². The number of cyclic esters (lactones) is 1. The summed E-state index contributed by atoms with van der Waals surface area (Å²) in [5, 5.41) is 0. The van der Waals surface area contributed by atoms with Crippen molar-refractivity contribution in [1.29, 1.82) is 0 Å². The minimum Gasteiger partial charge on any atom is -0.498 e. The molecule has 4 heterocycles. The maximum atomic E-state index is 13.0. The second-order valence-corrected chi connectivity index (χ2v) is 10.2. The zero-order valence-electron chi connectivity index (χ0n) is 17.0. The van der Waals surface area contributed by atoms with Crippen LogP contribution in [0.5, 0.6) is 0 Å². The molecule has 158 valence electrons. The monoisotopic (exact) mass is 404 g/mol. The van der Waals surface area contributed by atoms with E-state index in [0.717, 1.165) is 32.1 Å². The van der Waals surface area contributed by atoms with Crippen LogP contribution in [-0.2, 0) is 33.3 Å². The Balaban J connectivity index is 1.52. The first-order valence-corrected chi connectivity index (χ1v) is 10.8. The van der Waals surface area contributed by atoms with Gasteiger partial charge in [0.1, 0.15) is 36.1 Å². The maximum Gasteiger partial charge on any atom is 0.312 e. The van der Waals surface area contributed by atoms with Crippen molar-refractivity contribution in [3.8, 4) is 0 Å². The van der Waals surface area contributed by atoms with E-state index < -0.39 is 27.6 Å². The molecule has 6 rings (SSSR count). The van der Waals surface area contributed by atoms with Crippen LogP contribution in [0.3, 0.4) is 0 Å². The van der Waals surface area contributed by atoms with E-state index in [2.05, 4.69) is 0 Å². The summed E-state index contributed by atoms with van der Waals surface area (Å²) in [5.74, 6) is -0.617. The van der Waals surface area contributed by atoms with Gasteiger partial charge in [-0.05, 0) is 38.7 Å². The Hall–Kier alpha value is -1.60. The first-order valence-electron chi connectivity index (χ1n) is 10.8. The fourth-order valence-corrected chi connectivity index (χ4v) is 7.74. The molecule has 4 aliphatic heterocycles. The summed E-state index contributed by atoms with van der Waals surface area (Å²) in [5.41, 5.74) is -2.61. The number of fused-ring (bicyclic) bond motifs is 1. The zero-order chi connectivity index (χ0) is 20.1. The van der Waals surface area contributed by atoms with Crippen LogP contribution in [0, 0.1) is 16.7 Å². The number of esters is 2. The van der Waals surface area contributed by atoms with Gasteiger partial charge < -0.3 is 23.7 Å². The molecule has 7 unspecified atom stereocenters. The van der Waals surface area contributed by atoms with E-state index in [4.69, 9.17) is 23.7 Å². The number of rotatable bonds is 1. The predicted molar refractivity (Wildman–Crippen MR) is 98.6 cm³/mol. The molecule has 0 radical (unpaired) electrons. The number of hydrogen-bond donors (Lipinski definition) is 0. The molecule has 2 saturated carbocycles. The van der Waals surface area contributed by atoms with Gasteiger partial charge >= 0.3 is 11.9 Å². The van der Waals surface area contributed by atoms with Crippen molar-refractivity contribution in [1.82, 2.24) is 0 Å². The molecule has 0 aromatic heterocycles. The van der Waals surface area contributed by atoms with Gasteiger partial charge in [0.15, 0.2) is 0 Å². The number of carbonyl (C=O) groups is 2. The van der Waals surface area contributed by atoms with E-state index in [9.17, 15) is 9.59 Å². The molecule has 7 nitrogen and oxygen atoms in total. The van der Waals surface area contributed by atoms with E-state index in [0.29, 0.717) is 26.2 Å². The van der Waals surface area contributed by atoms with Crippen molar-refractivity contribution in [2.24, 2.45) is 16.7 Å². The van der Waals surface area contributed by atoms with Gasteiger partial charge in [0.25, 0.3) is 0 Å². The van der Waals surface area contributed by atoms with E-state index in [1.54, 1.807) is 6.26 Å². The Kier molecular flexibility index (Phi) is 3.36. The third-order valence-corrected chi connectivity index (χ3v) is 8.85. The highest BCUT2D eigenvalue weighted by Crippen LogP contribution is 2.74. The topological polar surface area (TPSA) is 83.6 Å². The Morgan fingerprint density at radius 1 is 1.17 bits per heavy atom. The Bertz CT molecular complexity index is 818. The van der Waals surface area contributed by atoms with Gasteiger partial charge in [0, 0.05) is 24.7 Å². The third kappa shape index (κ3) is 2.01. The maximum absolute atomic E-state index is 13.0. The Morgan fingerprint density at radius 2 is 2.00 bits per heavy atom. The lowest BCUT2D eigenvalue weighted by molar-refractivity contribution is -0.308.